The molecule has 2 heteroatoms. The van der Waals surface area contributed by atoms with E-state index in [1.54, 1.807) is 7.11 Å². The van der Waals surface area contributed by atoms with Crippen LogP contribution in [0.25, 0.3) is 0 Å². The van der Waals surface area contributed by atoms with Gasteiger partial charge in [-0.25, -0.2) is 0 Å². The van der Waals surface area contributed by atoms with Crippen LogP contribution in [0.4, 0.5) is 0 Å². The summed E-state index contributed by atoms with van der Waals surface area (Å²) in [4.78, 5) is 0. The Balaban J connectivity index is 3.67. The second-order valence-electron chi connectivity index (χ2n) is 3.63. The molecule has 0 radical (unpaired) electrons. The van der Waals surface area contributed by atoms with Crippen LogP contribution in [0.1, 0.15) is 33.6 Å². The molecule has 0 aliphatic rings. The minimum absolute atomic E-state index is 0.176. The van der Waals surface area contributed by atoms with Crippen molar-refractivity contribution in [2.75, 3.05) is 13.7 Å². The van der Waals surface area contributed by atoms with Crippen molar-refractivity contribution in [3.63, 3.8) is 0 Å². The molecule has 0 aromatic rings. The third kappa shape index (κ3) is 4.07. The monoisotopic (exact) mass is 174 g/mol. The molecule has 0 fully saturated rings. The molecule has 3 unspecified atom stereocenters. The van der Waals surface area contributed by atoms with E-state index in [2.05, 4.69) is 20.8 Å². The van der Waals surface area contributed by atoms with E-state index in [0.29, 0.717) is 11.8 Å². The largest absolute Gasteiger partial charge is 0.393 e. The lowest BCUT2D eigenvalue weighted by Crippen LogP contribution is -2.26. The molecule has 0 amide bonds. The molecule has 12 heavy (non-hydrogen) atoms. The number of ether oxygens (including phenoxy) is 1. The molecule has 0 aromatic heterocycles. The van der Waals surface area contributed by atoms with Crippen molar-refractivity contribution >= 4 is 0 Å². The summed E-state index contributed by atoms with van der Waals surface area (Å²) >= 11 is 0. The summed E-state index contributed by atoms with van der Waals surface area (Å²) < 4.78 is 4.96. The Kier molecular flexibility index (Phi) is 6.39. The molecule has 0 bridgehead atoms. The molecule has 2 nitrogen and oxygen atoms in total. The molecule has 0 heterocycles. The normalized spacial score (nSPS) is 18.8. The molecule has 0 saturated heterocycles. The fourth-order valence-corrected chi connectivity index (χ4v) is 1.28. The van der Waals surface area contributed by atoms with Gasteiger partial charge in [0.1, 0.15) is 0 Å². The highest BCUT2D eigenvalue weighted by Crippen LogP contribution is 2.18. The fraction of sp³-hybridized carbons (Fsp3) is 1.00. The van der Waals surface area contributed by atoms with Gasteiger partial charge in [0.15, 0.2) is 0 Å². The molecule has 74 valence electrons. The average Bonchev–Trinajstić information content (AvgIpc) is 2.11. The summed E-state index contributed by atoms with van der Waals surface area (Å²) in [5.74, 6) is 0.747. The fourth-order valence-electron chi connectivity index (χ4n) is 1.28. The smallest absolute Gasteiger partial charge is 0.0592 e. The Labute approximate surface area is 75.9 Å². The first-order chi connectivity index (χ1) is 5.63. The standard InChI is InChI=1S/C10H22O2/c1-5-8(2)10(11)9(3)6-7-12-4/h8-11H,5-7H2,1-4H3. The molecule has 1 N–H and O–H groups in total. The Morgan fingerprint density at radius 1 is 1.25 bits per heavy atom. The lowest BCUT2D eigenvalue weighted by Gasteiger charge is -2.23. The van der Waals surface area contributed by atoms with Crippen LogP contribution in [0.5, 0.6) is 0 Å². The lowest BCUT2D eigenvalue weighted by molar-refractivity contribution is 0.0464. The molecule has 0 spiro atoms. The van der Waals surface area contributed by atoms with Crippen LogP contribution in [-0.4, -0.2) is 24.9 Å². The summed E-state index contributed by atoms with van der Waals surface area (Å²) in [7, 11) is 1.70. The molecular formula is C10H22O2. The molecule has 0 rings (SSSR count). The van der Waals surface area contributed by atoms with Crippen molar-refractivity contribution in [2.24, 2.45) is 11.8 Å². The van der Waals surface area contributed by atoms with Crippen molar-refractivity contribution in [3.05, 3.63) is 0 Å². The molecule has 0 aromatic carbocycles. The van der Waals surface area contributed by atoms with E-state index >= 15 is 0 Å². The van der Waals surface area contributed by atoms with Gasteiger partial charge in [-0.2, -0.15) is 0 Å². The Morgan fingerprint density at radius 2 is 1.83 bits per heavy atom. The quantitative estimate of drug-likeness (QED) is 0.668. The van der Waals surface area contributed by atoms with Gasteiger partial charge in [0.25, 0.3) is 0 Å². The van der Waals surface area contributed by atoms with E-state index in [1.807, 2.05) is 0 Å². The van der Waals surface area contributed by atoms with Gasteiger partial charge in [-0.05, 0) is 18.3 Å². The van der Waals surface area contributed by atoms with Gasteiger partial charge in [-0.1, -0.05) is 27.2 Å². The molecule has 0 saturated carbocycles. The number of hydrogen-bond donors (Lipinski definition) is 1. The summed E-state index contributed by atoms with van der Waals surface area (Å²) in [5.41, 5.74) is 0. The Bertz CT molecular complexity index is 104. The maximum atomic E-state index is 9.76. The highest BCUT2D eigenvalue weighted by molar-refractivity contribution is 4.69. The van der Waals surface area contributed by atoms with Crippen LogP contribution in [0.15, 0.2) is 0 Å². The average molecular weight is 174 g/mol. The lowest BCUT2D eigenvalue weighted by atomic mass is 9.90. The number of methoxy groups -OCH3 is 1. The van der Waals surface area contributed by atoms with Crippen LogP contribution in [-0.2, 0) is 4.74 Å². The molecule has 0 aliphatic carbocycles. The number of rotatable bonds is 6. The predicted molar refractivity (Wildman–Crippen MR) is 51.1 cm³/mol. The first kappa shape index (κ1) is 11.9. The second kappa shape index (κ2) is 6.44. The maximum Gasteiger partial charge on any atom is 0.0592 e. The Morgan fingerprint density at radius 3 is 2.25 bits per heavy atom. The third-order valence-electron chi connectivity index (χ3n) is 2.59. The minimum Gasteiger partial charge on any atom is -0.393 e. The molecule has 3 atom stereocenters. The van der Waals surface area contributed by atoms with Gasteiger partial charge in [0.2, 0.25) is 0 Å². The van der Waals surface area contributed by atoms with Crippen LogP contribution < -0.4 is 0 Å². The molecule has 0 aliphatic heterocycles. The van der Waals surface area contributed by atoms with Crippen molar-refractivity contribution in [2.45, 2.75) is 39.7 Å². The second-order valence-corrected chi connectivity index (χ2v) is 3.63. The van der Waals surface area contributed by atoms with Gasteiger partial charge in [-0.3, -0.25) is 0 Å². The van der Waals surface area contributed by atoms with E-state index in [0.717, 1.165) is 19.4 Å². The maximum absolute atomic E-state index is 9.76. The Hall–Kier alpha value is -0.0800. The van der Waals surface area contributed by atoms with E-state index in [-0.39, 0.29) is 6.10 Å². The topological polar surface area (TPSA) is 29.5 Å². The predicted octanol–water partition coefficient (Wildman–Crippen LogP) is 2.07. The number of aliphatic hydroxyl groups excluding tert-OH is 1. The van der Waals surface area contributed by atoms with E-state index in [1.165, 1.54) is 0 Å². The van der Waals surface area contributed by atoms with Crippen molar-refractivity contribution in [1.29, 1.82) is 0 Å². The van der Waals surface area contributed by atoms with Crippen LogP contribution in [0.2, 0.25) is 0 Å². The van der Waals surface area contributed by atoms with E-state index in [9.17, 15) is 5.11 Å². The highest BCUT2D eigenvalue weighted by atomic mass is 16.5. The molecular weight excluding hydrogens is 152 g/mol. The van der Waals surface area contributed by atoms with Crippen molar-refractivity contribution in [3.8, 4) is 0 Å². The van der Waals surface area contributed by atoms with Crippen LogP contribution in [0.3, 0.4) is 0 Å². The first-order valence-corrected chi connectivity index (χ1v) is 4.80. The SMILES string of the molecule is CCC(C)C(O)C(C)CCOC. The van der Waals surface area contributed by atoms with Crippen LogP contribution >= 0.6 is 0 Å². The van der Waals surface area contributed by atoms with Gasteiger partial charge in [0.05, 0.1) is 6.10 Å². The summed E-state index contributed by atoms with van der Waals surface area (Å²) in [6.45, 7) is 7.02. The van der Waals surface area contributed by atoms with E-state index in [4.69, 9.17) is 4.74 Å². The van der Waals surface area contributed by atoms with Gasteiger partial charge in [-0.15, -0.1) is 0 Å². The van der Waals surface area contributed by atoms with Gasteiger partial charge >= 0.3 is 0 Å². The first-order valence-electron chi connectivity index (χ1n) is 4.80. The zero-order chi connectivity index (χ0) is 9.56. The number of hydrogen-bond acceptors (Lipinski definition) is 2. The van der Waals surface area contributed by atoms with Crippen molar-refractivity contribution in [1.82, 2.24) is 0 Å². The van der Waals surface area contributed by atoms with Gasteiger partial charge in [0, 0.05) is 13.7 Å². The number of aliphatic hydroxyl groups is 1. The summed E-state index contributed by atoms with van der Waals surface area (Å²) in [6, 6.07) is 0. The van der Waals surface area contributed by atoms with Crippen LogP contribution in [0, 0.1) is 11.8 Å². The minimum atomic E-state index is -0.176. The van der Waals surface area contributed by atoms with E-state index < -0.39 is 0 Å². The zero-order valence-corrected chi connectivity index (χ0v) is 8.71. The summed E-state index contributed by atoms with van der Waals surface area (Å²) in [5, 5.41) is 9.76. The van der Waals surface area contributed by atoms with Gasteiger partial charge < -0.3 is 9.84 Å². The zero-order valence-electron chi connectivity index (χ0n) is 8.71. The summed E-state index contributed by atoms with van der Waals surface area (Å²) in [6.07, 6.45) is 1.81. The highest BCUT2D eigenvalue weighted by Gasteiger charge is 2.18. The third-order valence-corrected chi connectivity index (χ3v) is 2.59. The van der Waals surface area contributed by atoms with Crippen molar-refractivity contribution < 1.29 is 9.84 Å².